The van der Waals surface area contributed by atoms with Gasteiger partial charge in [0.1, 0.15) is 5.76 Å². The first-order valence-corrected chi connectivity index (χ1v) is 9.94. The van der Waals surface area contributed by atoms with E-state index in [1.165, 1.54) is 17.5 Å². The Labute approximate surface area is 160 Å². The van der Waals surface area contributed by atoms with Crippen molar-refractivity contribution in [3.8, 4) is 0 Å². The molecule has 2 aliphatic rings. The molecular weight excluding hydrogens is 340 g/mol. The van der Waals surface area contributed by atoms with Gasteiger partial charge in [0.05, 0.1) is 12.6 Å². The van der Waals surface area contributed by atoms with E-state index in [1.54, 1.807) is 11.0 Å². The van der Waals surface area contributed by atoms with Gasteiger partial charge in [-0.2, -0.15) is 0 Å². The van der Waals surface area contributed by atoms with Crippen molar-refractivity contribution in [1.82, 2.24) is 9.80 Å². The molecule has 0 aliphatic carbocycles. The van der Waals surface area contributed by atoms with Crippen LogP contribution in [-0.4, -0.2) is 48.6 Å². The van der Waals surface area contributed by atoms with Crippen molar-refractivity contribution in [1.29, 1.82) is 0 Å². The molecule has 2 aliphatic heterocycles. The molecule has 0 N–H and O–H groups in total. The summed E-state index contributed by atoms with van der Waals surface area (Å²) in [7, 11) is 1.82. The monoisotopic (exact) mass is 368 g/mol. The minimum absolute atomic E-state index is 0.0700. The van der Waals surface area contributed by atoms with Gasteiger partial charge in [-0.15, -0.1) is 0 Å². The summed E-state index contributed by atoms with van der Waals surface area (Å²) in [6.45, 7) is 4.10. The van der Waals surface area contributed by atoms with Crippen LogP contribution in [0.5, 0.6) is 0 Å². The zero-order chi connectivity index (χ0) is 18.6. The van der Waals surface area contributed by atoms with Crippen LogP contribution in [0.4, 0.5) is 0 Å². The van der Waals surface area contributed by atoms with Gasteiger partial charge in [-0.3, -0.25) is 9.69 Å². The maximum absolute atomic E-state index is 12.7. The zero-order valence-corrected chi connectivity index (χ0v) is 16.0. The lowest BCUT2D eigenvalue weighted by atomic mass is 10.00. The van der Waals surface area contributed by atoms with E-state index in [-0.39, 0.29) is 12.0 Å². The van der Waals surface area contributed by atoms with Crippen LogP contribution in [0, 0.1) is 0 Å². The van der Waals surface area contributed by atoms with E-state index in [4.69, 9.17) is 9.15 Å². The van der Waals surface area contributed by atoms with Crippen molar-refractivity contribution in [2.45, 2.75) is 44.9 Å². The van der Waals surface area contributed by atoms with Crippen LogP contribution in [-0.2, 0) is 24.2 Å². The van der Waals surface area contributed by atoms with Crippen molar-refractivity contribution < 1.29 is 13.9 Å². The number of likely N-dealkylation sites (N-methyl/N-ethyl adjacent to an activating group) is 1. The van der Waals surface area contributed by atoms with E-state index >= 15 is 0 Å². The predicted molar refractivity (Wildman–Crippen MR) is 104 cm³/mol. The molecule has 2 aromatic rings. The molecule has 5 heteroatoms. The summed E-state index contributed by atoms with van der Waals surface area (Å²) in [6.07, 6.45) is 4.54. The summed E-state index contributed by atoms with van der Waals surface area (Å²) in [5.41, 5.74) is 2.83. The summed E-state index contributed by atoms with van der Waals surface area (Å²) in [4.78, 5) is 16.7. The predicted octanol–water partition coefficient (Wildman–Crippen LogP) is 3.48. The second kappa shape index (κ2) is 8.28. The van der Waals surface area contributed by atoms with Gasteiger partial charge in [-0.1, -0.05) is 24.3 Å². The van der Waals surface area contributed by atoms with Crippen LogP contribution in [0.3, 0.4) is 0 Å². The summed E-state index contributed by atoms with van der Waals surface area (Å²) < 4.78 is 11.6. The molecular formula is C22H28N2O3. The van der Waals surface area contributed by atoms with Crippen LogP contribution in [0.2, 0.25) is 0 Å². The number of ether oxygens (including phenoxy) is 1. The lowest BCUT2D eigenvalue weighted by molar-refractivity contribution is -0.000753. The topological polar surface area (TPSA) is 45.9 Å². The first-order valence-electron chi connectivity index (χ1n) is 9.94. The SMILES string of the molecule is CN(C[C@@H]1CCCCO1)C(=O)c1ccc(CN2CCc3ccccc3C2)o1. The van der Waals surface area contributed by atoms with Gasteiger partial charge in [-0.25, -0.2) is 0 Å². The van der Waals surface area contributed by atoms with E-state index in [0.717, 1.165) is 51.3 Å². The zero-order valence-electron chi connectivity index (χ0n) is 16.0. The van der Waals surface area contributed by atoms with Crippen LogP contribution >= 0.6 is 0 Å². The van der Waals surface area contributed by atoms with Crippen molar-refractivity contribution >= 4 is 5.91 Å². The number of carbonyl (C=O) groups is 1. The van der Waals surface area contributed by atoms with E-state index < -0.39 is 0 Å². The molecule has 1 saturated heterocycles. The minimum atomic E-state index is -0.0700. The van der Waals surface area contributed by atoms with Gasteiger partial charge in [0.25, 0.3) is 5.91 Å². The van der Waals surface area contributed by atoms with E-state index in [9.17, 15) is 4.79 Å². The van der Waals surface area contributed by atoms with Crippen LogP contribution in [0.15, 0.2) is 40.8 Å². The normalized spacial score (nSPS) is 20.3. The fourth-order valence-corrected chi connectivity index (χ4v) is 4.02. The van der Waals surface area contributed by atoms with Crippen LogP contribution in [0.25, 0.3) is 0 Å². The van der Waals surface area contributed by atoms with Crippen LogP contribution in [0.1, 0.15) is 46.7 Å². The Morgan fingerprint density at radius 2 is 2.04 bits per heavy atom. The van der Waals surface area contributed by atoms with Gasteiger partial charge in [0, 0.05) is 33.3 Å². The lowest BCUT2D eigenvalue weighted by Gasteiger charge is -2.28. The Bertz CT molecular complexity index is 779. The molecule has 5 nitrogen and oxygen atoms in total. The van der Waals surface area contributed by atoms with Gasteiger partial charge in [0.2, 0.25) is 0 Å². The van der Waals surface area contributed by atoms with Gasteiger partial charge in [-0.05, 0) is 48.9 Å². The molecule has 0 unspecified atom stereocenters. The number of amides is 1. The number of fused-ring (bicyclic) bond motifs is 1. The number of carbonyl (C=O) groups excluding carboxylic acids is 1. The van der Waals surface area contributed by atoms with Crippen molar-refractivity contribution in [3.63, 3.8) is 0 Å². The smallest absolute Gasteiger partial charge is 0.289 e. The number of benzene rings is 1. The molecule has 0 saturated carbocycles. The Balaban J connectivity index is 1.33. The number of nitrogens with zero attached hydrogens (tertiary/aromatic N) is 2. The average molecular weight is 368 g/mol. The fourth-order valence-electron chi connectivity index (χ4n) is 4.02. The molecule has 144 valence electrons. The minimum Gasteiger partial charge on any atom is -0.455 e. The third kappa shape index (κ3) is 4.42. The molecule has 1 aromatic heterocycles. The Hall–Kier alpha value is -2.11. The highest BCUT2D eigenvalue weighted by molar-refractivity contribution is 5.91. The van der Waals surface area contributed by atoms with Gasteiger partial charge < -0.3 is 14.1 Å². The highest BCUT2D eigenvalue weighted by Crippen LogP contribution is 2.21. The highest BCUT2D eigenvalue weighted by Gasteiger charge is 2.23. The molecule has 1 aromatic carbocycles. The highest BCUT2D eigenvalue weighted by atomic mass is 16.5. The molecule has 0 bridgehead atoms. The second-order valence-corrected chi connectivity index (χ2v) is 7.67. The second-order valence-electron chi connectivity index (χ2n) is 7.67. The average Bonchev–Trinajstić information content (AvgIpc) is 3.16. The molecule has 3 heterocycles. The Kier molecular flexibility index (Phi) is 5.60. The van der Waals surface area contributed by atoms with Gasteiger partial charge in [0.15, 0.2) is 5.76 Å². The van der Waals surface area contributed by atoms with Crippen molar-refractivity contribution in [3.05, 3.63) is 59.0 Å². The maximum Gasteiger partial charge on any atom is 0.289 e. The standard InChI is InChI=1S/C22H28N2O3/c1-23(15-19-8-4-5-13-26-19)22(25)21-10-9-20(27-21)16-24-12-11-17-6-2-3-7-18(17)14-24/h2-3,6-7,9-10,19H,4-5,8,11-16H2,1H3/t19-/m0/s1. The largest absolute Gasteiger partial charge is 0.455 e. The van der Waals surface area contributed by atoms with Gasteiger partial charge >= 0.3 is 0 Å². The van der Waals surface area contributed by atoms with Crippen molar-refractivity contribution in [2.24, 2.45) is 0 Å². The Morgan fingerprint density at radius 1 is 1.19 bits per heavy atom. The number of rotatable bonds is 5. The van der Waals surface area contributed by atoms with E-state index in [1.807, 2.05) is 13.1 Å². The van der Waals surface area contributed by atoms with Crippen molar-refractivity contribution in [2.75, 3.05) is 26.7 Å². The third-order valence-electron chi connectivity index (χ3n) is 5.56. The first-order chi connectivity index (χ1) is 13.2. The quantitative estimate of drug-likeness (QED) is 0.811. The first kappa shape index (κ1) is 18.3. The number of furan rings is 1. The molecule has 4 rings (SSSR count). The Morgan fingerprint density at radius 3 is 2.85 bits per heavy atom. The number of hydrogen-bond acceptors (Lipinski definition) is 4. The third-order valence-corrected chi connectivity index (χ3v) is 5.56. The molecule has 0 spiro atoms. The molecule has 1 atom stereocenters. The summed E-state index contributed by atoms with van der Waals surface area (Å²) in [5, 5.41) is 0. The molecule has 1 amide bonds. The molecule has 0 radical (unpaired) electrons. The molecule has 1 fully saturated rings. The van der Waals surface area contributed by atoms with E-state index in [2.05, 4.69) is 29.2 Å². The summed E-state index contributed by atoms with van der Waals surface area (Å²) in [5.74, 6) is 1.19. The van der Waals surface area contributed by atoms with Crippen LogP contribution < -0.4 is 0 Å². The van der Waals surface area contributed by atoms with E-state index in [0.29, 0.717) is 12.3 Å². The fraction of sp³-hybridized carbons (Fsp3) is 0.500. The lowest BCUT2D eigenvalue weighted by Crippen LogP contribution is -2.37. The summed E-state index contributed by atoms with van der Waals surface area (Å²) >= 11 is 0. The molecule has 27 heavy (non-hydrogen) atoms. The summed E-state index contributed by atoms with van der Waals surface area (Å²) in [6, 6.07) is 12.3. The maximum atomic E-state index is 12.7. The number of hydrogen-bond donors (Lipinski definition) is 0.